The number of hydrogen-bond donors (Lipinski definition) is 0. The molecule has 0 radical (unpaired) electrons. The summed E-state index contributed by atoms with van der Waals surface area (Å²) in [7, 11) is 2.84. The Hall–Kier alpha value is -1.94. The van der Waals surface area contributed by atoms with Gasteiger partial charge in [0.05, 0.1) is 20.4 Å². The molecule has 0 aromatic carbocycles. The number of ether oxygens (including phenoxy) is 2. The third-order valence-electron chi connectivity index (χ3n) is 1.26. The minimum absolute atomic E-state index is 0.154. The third-order valence-corrected chi connectivity index (χ3v) is 1.26. The van der Waals surface area contributed by atoms with Crippen molar-refractivity contribution in [2.24, 2.45) is 4.99 Å². The Morgan fingerprint density at radius 1 is 1.46 bits per heavy atom. The van der Waals surface area contributed by atoms with Crippen LogP contribution in [-0.4, -0.2) is 30.3 Å². The fourth-order valence-electron chi connectivity index (χ4n) is 0.719. The molecular formula is C7H7N3O3. The predicted octanol–water partition coefficient (Wildman–Crippen LogP) is 0.461. The molecule has 68 valence electrons. The summed E-state index contributed by atoms with van der Waals surface area (Å²) in [6.45, 7) is 0. The lowest BCUT2D eigenvalue weighted by Gasteiger charge is -2.02. The zero-order valence-electron chi connectivity index (χ0n) is 7.14. The molecule has 1 aromatic heterocycles. The first-order valence-corrected chi connectivity index (χ1v) is 3.34. The highest BCUT2D eigenvalue weighted by atomic mass is 16.5. The molecule has 13 heavy (non-hydrogen) atoms. The Bertz CT molecular complexity index is 347. The molecule has 0 N–H and O–H groups in total. The van der Waals surface area contributed by atoms with Crippen molar-refractivity contribution in [1.29, 1.82) is 0 Å². The summed E-state index contributed by atoms with van der Waals surface area (Å²) in [5.74, 6) is 0.176. The quantitative estimate of drug-likeness (QED) is 0.500. The molecule has 0 spiro atoms. The summed E-state index contributed by atoms with van der Waals surface area (Å²) in [6, 6.07) is 0.154. The second-order valence-electron chi connectivity index (χ2n) is 1.95. The van der Waals surface area contributed by atoms with Crippen LogP contribution < -0.4 is 9.47 Å². The topological polar surface area (TPSA) is 73.7 Å². The van der Waals surface area contributed by atoms with Crippen molar-refractivity contribution in [3.8, 4) is 11.9 Å². The number of methoxy groups -OCH3 is 2. The highest BCUT2D eigenvalue weighted by molar-refractivity contribution is 5.53. The molecule has 0 amide bonds. The lowest BCUT2D eigenvalue weighted by molar-refractivity contribution is 0.353. The van der Waals surface area contributed by atoms with Crippen molar-refractivity contribution in [3.63, 3.8) is 0 Å². The fourth-order valence-corrected chi connectivity index (χ4v) is 0.719. The van der Waals surface area contributed by atoms with Gasteiger partial charge in [-0.1, -0.05) is 0 Å². The van der Waals surface area contributed by atoms with Gasteiger partial charge in [0.1, 0.15) is 0 Å². The van der Waals surface area contributed by atoms with Crippen LogP contribution in [0.5, 0.6) is 11.9 Å². The van der Waals surface area contributed by atoms with Gasteiger partial charge in [-0.25, -0.2) is 9.78 Å². The van der Waals surface area contributed by atoms with Crippen LogP contribution >= 0.6 is 0 Å². The van der Waals surface area contributed by atoms with Crippen molar-refractivity contribution >= 4 is 11.8 Å². The van der Waals surface area contributed by atoms with Gasteiger partial charge in [-0.2, -0.15) is 9.98 Å². The molecule has 0 unspecified atom stereocenters. The maximum absolute atomic E-state index is 9.96. The number of hydrogen-bond acceptors (Lipinski definition) is 6. The average molecular weight is 181 g/mol. The van der Waals surface area contributed by atoms with Gasteiger partial charge >= 0.3 is 6.01 Å². The van der Waals surface area contributed by atoms with E-state index < -0.39 is 0 Å². The van der Waals surface area contributed by atoms with Crippen LogP contribution in [0.25, 0.3) is 0 Å². The van der Waals surface area contributed by atoms with Crippen molar-refractivity contribution in [1.82, 2.24) is 9.97 Å². The van der Waals surface area contributed by atoms with E-state index >= 15 is 0 Å². The normalized spacial score (nSPS) is 8.77. The van der Waals surface area contributed by atoms with Crippen LogP contribution in [0.2, 0.25) is 0 Å². The number of rotatable bonds is 3. The Morgan fingerprint density at radius 2 is 2.23 bits per heavy atom. The van der Waals surface area contributed by atoms with E-state index in [0.717, 1.165) is 0 Å². The number of nitrogens with zero attached hydrogens (tertiary/aromatic N) is 3. The van der Waals surface area contributed by atoms with Gasteiger partial charge < -0.3 is 9.47 Å². The molecule has 1 rings (SSSR count). The largest absolute Gasteiger partial charge is 0.479 e. The van der Waals surface area contributed by atoms with E-state index in [0.29, 0.717) is 0 Å². The molecule has 1 heterocycles. The first-order valence-electron chi connectivity index (χ1n) is 3.34. The molecule has 0 saturated carbocycles. The molecular weight excluding hydrogens is 174 g/mol. The predicted molar refractivity (Wildman–Crippen MR) is 42.9 cm³/mol. The van der Waals surface area contributed by atoms with Gasteiger partial charge in [-0.15, -0.1) is 0 Å². The van der Waals surface area contributed by atoms with Gasteiger partial charge in [0.2, 0.25) is 12.0 Å². The second kappa shape index (κ2) is 4.18. The summed E-state index contributed by atoms with van der Waals surface area (Å²) >= 11 is 0. The molecule has 0 atom stereocenters. The first-order chi connectivity index (χ1) is 6.31. The Morgan fingerprint density at radius 3 is 2.77 bits per heavy atom. The molecule has 0 bridgehead atoms. The van der Waals surface area contributed by atoms with Crippen LogP contribution in [0, 0.1) is 0 Å². The highest BCUT2D eigenvalue weighted by Gasteiger charge is 2.06. The zero-order chi connectivity index (χ0) is 9.68. The van der Waals surface area contributed by atoms with Gasteiger partial charge in [0.25, 0.3) is 0 Å². The second-order valence-corrected chi connectivity index (χ2v) is 1.95. The Balaban J connectivity index is 3.15. The minimum Gasteiger partial charge on any atom is -0.479 e. The molecule has 6 nitrogen and oxygen atoms in total. The number of carbonyl (C=O) groups excluding carboxylic acids is 1. The SMILES string of the molecule is COc1ncc(N=C=O)c(OC)n1. The summed E-state index contributed by atoms with van der Waals surface area (Å²) in [5, 5.41) is 0. The monoisotopic (exact) mass is 181 g/mol. The molecule has 6 heteroatoms. The zero-order valence-corrected chi connectivity index (χ0v) is 7.14. The van der Waals surface area contributed by atoms with E-state index in [1.165, 1.54) is 26.5 Å². The van der Waals surface area contributed by atoms with Crippen molar-refractivity contribution in [2.75, 3.05) is 14.2 Å². The molecule has 0 saturated heterocycles. The van der Waals surface area contributed by atoms with Crippen molar-refractivity contribution in [2.45, 2.75) is 0 Å². The fraction of sp³-hybridized carbons (Fsp3) is 0.286. The van der Waals surface area contributed by atoms with Crippen LogP contribution in [0.4, 0.5) is 5.69 Å². The van der Waals surface area contributed by atoms with Gasteiger partial charge in [0, 0.05) is 0 Å². The van der Waals surface area contributed by atoms with Crippen LogP contribution in [0.1, 0.15) is 0 Å². The standard InChI is InChI=1S/C7H7N3O3/c1-12-6-5(9-4-11)3-8-7(10-6)13-2/h3H,1-2H3. The lowest BCUT2D eigenvalue weighted by Crippen LogP contribution is -1.94. The van der Waals surface area contributed by atoms with E-state index in [1.807, 2.05) is 0 Å². The molecule has 0 aliphatic carbocycles. The Labute approximate surface area is 74.2 Å². The van der Waals surface area contributed by atoms with Crippen molar-refractivity contribution in [3.05, 3.63) is 6.20 Å². The summed E-state index contributed by atoms with van der Waals surface area (Å²) in [4.78, 5) is 20.8. The van der Waals surface area contributed by atoms with Crippen LogP contribution in [0.15, 0.2) is 11.2 Å². The van der Waals surface area contributed by atoms with Crippen LogP contribution in [0.3, 0.4) is 0 Å². The molecule has 0 aliphatic heterocycles. The average Bonchev–Trinajstić information content (AvgIpc) is 2.19. The summed E-state index contributed by atoms with van der Waals surface area (Å²) in [5.41, 5.74) is 0.221. The Kier molecular flexibility index (Phi) is 2.94. The van der Waals surface area contributed by atoms with Crippen molar-refractivity contribution < 1.29 is 14.3 Å². The highest BCUT2D eigenvalue weighted by Crippen LogP contribution is 2.24. The maximum atomic E-state index is 9.96. The van der Waals surface area contributed by atoms with Gasteiger partial charge in [-0.05, 0) is 0 Å². The summed E-state index contributed by atoms with van der Waals surface area (Å²) in [6.07, 6.45) is 2.69. The van der Waals surface area contributed by atoms with E-state index in [4.69, 9.17) is 9.47 Å². The molecule has 1 aromatic rings. The minimum atomic E-state index is 0.154. The van der Waals surface area contributed by atoms with Gasteiger partial charge in [0.15, 0.2) is 5.69 Å². The van der Waals surface area contributed by atoms with Gasteiger partial charge in [-0.3, -0.25) is 0 Å². The third kappa shape index (κ3) is 2.00. The maximum Gasteiger partial charge on any atom is 0.319 e. The number of isocyanates is 1. The van der Waals surface area contributed by atoms with E-state index in [-0.39, 0.29) is 17.6 Å². The van der Waals surface area contributed by atoms with Crippen LogP contribution in [-0.2, 0) is 4.79 Å². The smallest absolute Gasteiger partial charge is 0.319 e. The number of aliphatic imine (C=N–C) groups is 1. The van der Waals surface area contributed by atoms with E-state index in [1.54, 1.807) is 0 Å². The molecule has 0 fully saturated rings. The van der Waals surface area contributed by atoms with E-state index in [9.17, 15) is 4.79 Å². The first kappa shape index (κ1) is 9.15. The lowest BCUT2D eigenvalue weighted by atomic mass is 10.5. The summed E-state index contributed by atoms with van der Waals surface area (Å²) < 4.78 is 9.58. The van der Waals surface area contributed by atoms with E-state index in [2.05, 4.69) is 15.0 Å². The molecule has 0 aliphatic rings. The number of aromatic nitrogens is 2.